The zero-order valence-electron chi connectivity index (χ0n) is 21.8. The van der Waals surface area contributed by atoms with Crippen LogP contribution in [0.1, 0.15) is 156 Å². The molecule has 0 aliphatic carbocycles. The first kappa shape index (κ1) is 34.4. The molecule has 0 unspecified atom stereocenters. The van der Waals surface area contributed by atoms with Crippen molar-refractivity contribution in [2.24, 2.45) is 0 Å². The molecule has 0 heterocycles. The van der Waals surface area contributed by atoms with Crippen LogP contribution in [0.2, 0.25) is 0 Å². The molecule has 0 amide bonds. The van der Waals surface area contributed by atoms with E-state index in [1.807, 2.05) is 0 Å². The van der Waals surface area contributed by atoms with Crippen LogP contribution in [0.4, 0.5) is 0 Å². The molecule has 0 bridgehead atoms. The van der Waals surface area contributed by atoms with Crippen molar-refractivity contribution in [3.8, 4) is 0 Å². The Hall–Kier alpha value is -0.580. The van der Waals surface area contributed by atoms with Crippen molar-refractivity contribution in [2.45, 2.75) is 135 Å². The maximum absolute atomic E-state index is 12.0. The zero-order chi connectivity index (χ0) is 24.7. The fourth-order valence-corrected chi connectivity index (χ4v) is 4.38. The van der Waals surface area contributed by atoms with Gasteiger partial charge in [-0.05, 0) is 24.6 Å². The predicted molar refractivity (Wildman–Crippen MR) is 150 cm³/mol. The summed E-state index contributed by atoms with van der Waals surface area (Å²) >= 11 is 0. The molecule has 0 atom stereocenters. The van der Waals surface area contributed by atoms with Crippen molar-refractivity contribution in [1.29, 1.82) is 0 Å². The van der Waals surface area contributed by atoms with E-state index in [9.17, 15) is 9.59 Å². The summed E-state index contributed by atoms with van der Waals surface area (Å²) in [6.07, 6.45) is 26.8. The first-order valence-corrected chi connectivity index (χ1v) is 14.2. The Bertz CT molecular complexity index is 647. The van der Waals surface area contributed by atoms with E-state index in [0.717, 1.165) is 12.8 Å². The number of ether oxygens (including phenoxy) is 1. The Morgan fingerprint density at radius 1 is 0.629 bits per heavy atom. The van der Waals surface area contributed by atoms with Gasteiger partial charge in [0.05, 0.1) is 17.7 Å². The van der Waals surface area contributed by atoms with Gasteiger partial charge < -0.3 is 9.84 Å². The number of carbonyl (C=O) groups is 2. The molecular weight excluding hydrogens is 464 g/mol. The number of aromatic carboxylic acids is 1. The molecule has 0 spiro atoms. The molecule has 0 fully saturated rings. The summed E-state index contributed by atoms with van der Waals surface area (Å²) in [4.78, 5) is 23.0. The van der Waals surface area contributed by atoms with E-state index < -0.39 is 11.9 Å². The second kappa shape index (κ2) is 25.1. The summed E-state index contributed by atoms with van der Waals surface area (Å²) in [5, 5.41) is 9.00. The molecule has 0 aliphatic rings. The van der Waals surface area contributed by atoms with Gasteiger partial charge in [-0.15, -0.1) is 0 Å². The molecule has 0 saturated heterocycles. The Balaban J connectivity index is 0.0000116. The van der Waals surface area contributed by atoms with E-state index in [2.05, 4.69) is 6.92 Å². The third kappa shape index (κ3) is 20.2. The molecule has 35 heavy (non-hydrogen) atoms. The number of carboxylic acids is 1. The van der Waals surface area contributed by atoms with Crippen LogP contribution in [-0.4, -0.2) is 61.4 Å². The fraction of sp³-hybridized carbons (Fsp3) is 0.733. The molecule has 0 radical (unpaired) electrons. The molecule has 4 nitrogen and oxygen atoms in total. The van der Waals surface area contributed by atoms with Gasteiger partial charge in [0.25, 0.3) is 0 Å². The number of carboxylic acid groups (broad SMARTS) is 1. The minimum atomic E-state index is -1.04. The average Bonchev–Trinajstić information content (AvgIpc) is 2.85. The first-order chi connectivity index (χ1) is 16.6. The van der Waals surface area contributed by atoms with Gasteiger partial charge in [0.1, 0.15) is 0 Å². The maximum atomic E-state index is 12.0. The molecule has 0 aromatic heterocycles. The molecule has 0 aliphatic heterocycles. The van der Waals surface area contributed by atoms with Crippen LogP contribution in [0, 0.1) is 0 Å². The quantitative estimate of drug-likeness (QED) is 0.0900. The van der Waals surface area contributed by atoms with Gasteiger partial charge in [-0.1, -0.05) is 135 Å². The van der Waals surface area contributed by atoms with Crippen molar-refractivity contribution < 1.29 is 19.4 Å². The summed E-state index contributed by atoms with van der Waals surface area (Å²) in [5.41, 5.74) is 0.404. The second-order valence-electron chi connectivity index (χ2n) is 9.74. The van der Waals surface area contributed by atoms with E-state index >= 15 is 0 Å². The van der Waals surface area contributed by atoms with Crippen molar-refractivity contribution in [2.75, 3.05) is 6.61 Å². The van der Waals surface area contributed by atoms with Gasteiger partial charge in [0, 0.05) is 0 Å². The average molecular weight is 517 g/mol. The Morgan fingerprint density at radius 3 is 1.40 bits per heavy atom. The van der Waals surface area contributed by atoms with Crippen molar-refractivity contribution in [3.05, 3.63) is 35.4 Å². The molecule has 1 aromatic carbocycles. The van der Waals surface area contributed by atoms with Crippen LogP contribution in [0.5, 0.6) is 0 Å². The van der Waals surface area contributed by atoms with Crippen molar-refractivity contribution in [1.82, 2.24) is 0 Å². The Kier molecular flexibility index (Phi) is 24.7. The number of esters is 1. The van der Waals surface area contributed by atoms with Gasteiger partial charge >= 0.3 is 49.7 Å². The molecular formula is C30H52CaO4. The second-order valence-corrected chi connectivity index (χ2v) is 9.74. The van der Waals surface area contributed by atoms with Gasteiger partial charge in [-0.25, -0.2) is 9.59 Å². The Morgan fingerprint density at radius 2 is 1.00 bits per heavy atom. The summed E-state index contributed by atoms with van der Waals surface area (Å²) in [7, 11) is 0. The number of rotatable bonds is 23. The van der Waals surface area contributed by atoms with Crippen molar-refractivity contribution in [3.63, 3.8) is 0 Å². The predicted octanol–water partition coefficient (Wildman–Crippen LogP) is 8.45. The number of benzene rings is 1. The van der Waals surface area contributed by atoms with Crippen LogP contribution in [0.3, 0.4) is 0 Å². The standard InChI is InChI=1S/C30H50O4.Ca.2H/c1-2-3-4-5-6-7-8-9-10-11-12-13-14-15-16-17-18-19-20-21-25-34-30(33)28-24-22-23-27(26-28)29(31)32;;;/h22-24,26H,2-21,25H2,1H3,(H,31,32);;;. The topological polar surface area (TPSA) is 63.6 Å². The van der Waals surface area contributed by atoms with Gasteiger partial charge in [0.15, 0.2) is 0 Å². The van der Waals surface area contributed by atoms with Crippen LogP contribution in [0.15, 0.2) is 24.3 Å². The molecule has 0 saturated carbocycles. The van der Waals surface area contributed by atoms with Gasteiger partial charge in [-0.2, -0.15) is 0 Å². The zero-order valence-corrected chi connectivity index (χ0v) is 21.8. The summed E-state index contributed by atoms with van der Waals surface area (Å²) in [5.74, 6) is -1.48. The molecule has 198 valence electrons. The normalized spacial score (nSPS) is 10.7. The summed E-state index contributed by atoms with van der Waals surface area (Å²) in [6.45, 7) is 2.68. The minimum absolute atomic E-state index is 0. The number of hydrogen-bond acceptors (Lipinski definition) is 3. The SMILES string of the molecule is CCCCCCCCCCCCCCCCCCCCCCOC(=O)c1cccc(C(=O)O)c1.[CaH2]. The summed E-state index contributed by atoms with van der Waals surface area (Å²) < 4.78 is 5.27. The molecule has 1 aromatic rings. The van der Waals surface area contributed by atoms with Crippen LogP contribution < -0.4 is 0 Å². The third-order valence-electron chi connectivity index (χ3n) is 6.58. The van der Waals surface area contributed by atoms with Crippen LogP contribution in [0.25, 0.3) is 0 Å². The Labute approximate surface area is 245 Å². The van der Waals surface area contributed by atoms with Gasteiger partial charge in [0.2, 0.25) is 0 Å². The van der Waals surface area contributed by atoms with Crippen LogP contribution in [-0.2, 0) is 4.74 Å². The molecule has 1 N–H and O–H groups in total. The number of unbranched alkanes of at least 4 members (excludes halogenated alkanes) is 19. The van der Waals surface area contributed by atoms with E-state index in [1.165, 1.54) is 128 Å². The third-order valence-corrected chi connectivity index (χ3v) is 6.58. The van der Waals surface area contributed by atoms with E-state index in [-0.39, 0.29) is 43.3 Å². The molecule has 5 heteroatoms. The summed E-state index contributed by atoms with van der Waals surface area (Å²) in [6, 6.07) is 5.99. The van der Waals surface area contributed by atoms with E-state index in [0.29, 0.717) is 12.2 Å². The van der Waals surface area contributed by atoms with Crippen LogP contribution >= 0.6 is 0 Å². The number of hydrogen-bond donors (Lipinski definition) is 1. The van der Waals surface area contributed by atoms with E-state index in [4.69, 9.17) is 9.84 Å². The monoisotopic (exact) mass is 516 g/mol. The molecule has 1 rings (SSSR count). The van der Waals surface area contributed by atoms with E-state index in [1.54, 1.807) is 12.1 Å². The van der Waals surface area contributed by atoms with Crippen molar-refractivity contribution >= 4 is 49.7 Å². The number of carbonyl (C=O) groups excluding carboxylic acids is 1. The fourth-order valence-electron chi connectivity index (χ4n) is 4.38. The van der Waals surface area contributed by atoms with Gasteiger partial charge in [-0.3, -0.25) is 0 Å². The first-order valence-electron chi connectivity index (χ1n) is 14.2.